The summed E-state index contributed by atoms with van der Waals surface area (Å²) < 4.78 is 1.30. The Labute approximate surface area is 116 Å². The minimum absolute atomic E-state index is 0. The van der Waals surface area contributed by atoms with Crippen molar-refractivity contribution in [1.82, 2.24) is 20.0 Å². The third-order valence-corrected chi connectivity index (χ3v) is 2.93. The van der Waals surface area contributed by atoms with Gasteiger partial charge in [0, 0.05) is 25.7 Å². The Hall–Kier alpha value is -1.67. The van der Waals surface area contributed by atoms with Crippen molar-refractivity contribution in [2.45, 2.75) is 19.5 Å². The monoisotopic (exact) mass is 289 g/mol. The van der Waals surface area contributed by atoms with Crippen LogP contribution in [-0.4, -0.2) is 51.2 Å². The molecule has 0 saturated carbocycles. The van der Waals surface area contributed by atoms with E-state index in [1.54, 1.807) is 4.90 Å². The molecule has 1 amide bonds. The zero-order chi connectivity index (χ0) is 13.1. The lowest BCUT2D eigenvalue weighted by Crippen LogP contribution is -2.53. The minimum Gasteiger partial charge on any atom is -0.358 e. The molecule has 1 aliphatic rings. The standard InChI is InChI=1S/C10H15N5O3.ClH/c1-8-6-11-3-5-14(8)10(16)7-13-4-2-9(12-13)15(17)18;/h2,4,8,11H,3,5-7H2,1H3;1H/t8-;/m1./s1. The quantitative estimate of drug-likeness (QED) is 0.626. The SMILES string of the molecule is C[C@@H]1CNCCN1C(=O)Cn1ccc([N+](=O)[O-])n1.Cl. The normalized spacial score (nSPS) is 18.8. The van der Waals surface area contributed by atoms with Crippen molar-refractivity contribution in [2.24, 2.45) is 0 Å². The van der Waals surface area contributed by atoms with E-state index >= 15 is 0 Å². The highest BCUT2D eigenvalue weighted by atomic mass is 35.5. The van der Waals surface area contributed by atoms with Crippen LogP contribution >= 0.6 is 12.4 Å². The second-order valence-electron chi connectivity index (χ2n) is 4.27. The zero-order valence-electron chi connectivity index (χ0n) is 10.5. The van der Waals surface area contributed by atoms with Crippen LogP contribution < -0.4 is 5.32 Å². The van der Waals surface area contributed by atoms with E-state index in [1.807, 2.05) is 6.92 Å². The molecular formula is C10H16ClN5O3. The Morgan fingerprint density at radius 1 is 1.68 bits per heavy atom. The van der Waals surface area contributed by atoms with E-state index in [1.165, 1.54) is 16.9 Å². The van der Waals surface area contributed by atoms with Crippen LogP contribution in [0.1, 0.15) is 6.92 Å². The molecule has 2 rings (SSSR count). The number of nitro groups is 1. The number of piperazine rings is 1. The lowest BCUT2D eigenvalue weighted by molar-refractivity contribution is -0.389. The van der Waals surface area contributed by atoms with Crippen LogP contribution in [0.3, 0.4) is 0 Å². The van der Waals surface area contributed by atoms with Gasteiger partial charge in [-0.3, -0.25) is 4.79 Å². The van der Waals surface area contributed by atoms with Crippen molar-refractivity contribution in [2.75, 3.05) is 19.6 Å². The molecule has 0 aromatic carbocycles. The van der Waals surface area contributed by atoms with E-state index in [9.17, 15) is 14.9 Å². The van der Waals surface area contributed by atoms with Crippen molar-refractivity contribution in [1.29, 1.82) is 0 Å². The van der Waals surface area contributed by atoms with Gasteiger partial charge in [0.05, 0.1) is 17.4 Å². The first-order valence-corrected chi connectivity index (χ1v) is 5.76. The van der Waals surface area contributed by atoms with E-state index in [0.717, 1.165) is 13.1 Å². The lowest BCUT2D eigenvalue weighted by Gasteiger charge is -2.33. The van der Waals surface area contributed by atoms with Crippen molar-refractivity contribution < 1.29 is 9.72 Å². The Bertz CT molecular complexity index is 464. The molecule has 106 valence electrons. The number of hydrogen-bond donors (Lipinski definition) is 1. The summed E-state index contributed by atoms with van der Waals surface area (Å²) in [7, 11) is 0. The largest absolute Gasteiger partial charge is 0.389 e. The second kappa shape index (κ2) is 6.48. The predicted octanol–water partition coefficient (Wildman–Crippen LogP) is 0.0334. The number of nitrogens with one attached hydrogen (secondary N) is 1. The number of nitrogens with zero attached hydrogens (tertiary/aromatic N) is 4. The fraction of sp³-hybridized carbons (Fsp3) is 0.600. The number of carbonyl (C=O) groups is 1. The Morgan fingerprint density at radius 2 is 2.42 bits per heavy atom. The van der Waals surface area contributed by atoms with Crippen molar-refractivity contribution in [3.8, 4) is 0 Å². The minimum atomic E-state index is -0.575. The summed E-state index contributed by atoms with van der Waals surface area (Å²) in [6.07, 6.45) is 1.45. The summed E-state index contributed by atoms with van der Waals surface area (Å²) >= 11 is 0. The molecule has 0 bridgehead atoms. The van der Waals surface area contributed by atoms with Gasteiger partial charge in [0.2, 0.25) is 5.91 Å². The fourth-order valence-electron chi connectivity index (χ4n) is 1.98. The summed E-state index contributed by atoms with van der Waals surface area (Å²) in [6.45, 7) is 4.21. The molecule has 1 aromatic heterocycles. The third kappa shape index (κ3) is 3.65. The zero-order valence-corrected chi connectivity index (χ0v) is 11.3. The number of hydrogen-bond acceptors (Lipinski definition) is 5. The molecule has 19 heavy (non-hydrogen) atoms. The number of carbonyl (C=O) groups excluding carboxylic acids is 1. The van der Waals surface area contributed by atoms with Gasteiger partial charge in [0.1, 0.15) is 6.54 Å². The number of halogens is 1. The molecule has 0 radical (unpaired) electrons. The summed E-state index contributed by atoms with van der Waals surface area (Å²) in [5.41, 5.74) is 0. The summed E-state index contributed by atoms with van der Waals surface area (Å²) in [4.78, 5) is 23.7. The molecule has 2 heterocycles. The third-order valence-electron chi connectivity index (χ3n) is 2.93. The highest BCUT2D eigenvalue weighted by Crippen LogP contribution is 2.07. The van der Waals surface area contributed by atoms with Crippen LogP contribution in [0.15, 0.2) is 12.3 Å². The molecule has 0 unspecified atom stereocenters. The van der Waals surface area contributed by atoms with Gasteiger partial charge in [-0.15, -0.1) is 12.4 Å². The summed E-state index contributed by atoms with van der Waals surface area (Å²) in [6, 6.07) is 1.42. The molecule has 1 saturated heterocycles. The molecule has 1 N–H and O–H groups in total. The molecular weight excluding hydrogens is 274 g/mol. The number of amides is 1. The van der Waals surface area contributed by atoms with Crippen LogP contribution in [-0.2, 0) is 11.3 Å². The van der Waals surface area contributed by atoms with Gasteiger partial charge in [-0.1, -0.05) is 0 Å². The van der Waals surface area contributed by atoms with E-state index in [-0.39, 0.29) is 36.7 Å². The molecule has 0 spiro atoms. The molecule has 1 aliphatic heterocycles. The Balaban J connectivity index is 0.00000180. The molecule has 0 aliphatic carbocycles. The van der Waals surface area contributed by atoms with Crippen molar-refractivity contribution >= 4 is 24.1 Å². The van der Waals surface area contributed by atoms with Gasteiger partial charge >= 0.3 is 5.82 Å². The van der Waals surface area contributed by atoms with E-state index < -0.39 is 4.92 Å². The van der Waals surface area contributed by atoms with Crippen molar-refractivity contribution in [3.63, 3.8) is 0 Å². The van der Waals surface area contributed by atoms with Gasteiger partial charge < -0.3 is 20.3 Å². The van der Waals surface area contributed by atoms with Crippen LogP contribution in [0.4, 0.5) is 5.82 Å². The van der Waals surface area contributed by atoms with Crippen LogP contribution in [0.25, 0.3) is 0 Å². The number of aromatic nitrogens is 2. The first-order valence-electron chi connectivity index (χ1n) is 5.76. The maximum absolute atomic E-state index is 12.0. The highest BCUT2D eigenvalue weighted by Gasteiger charge is 2.24. The average Bonchev–Trinajstić information content (AvgIpc) is 2.78. The molecule has 8 nitrogen and oxygen atoms in total. The van der Waals surface area contributed by atoms with Crippen LogP contribution in [0.2, 0.25) is 0 Å². The molecule has 1 fully saturated rings. The van der Waals surface area contributed by atoms with Gasteiger partial charge in [0.15, 0.2) is 0 Å². The topological polar surface area (TPSA) is 93.3 Å². The van der Waals surface area contributed by atoms with E-state index in [4.69, 9.17) is 0 Å². The maximum atomic E-state index is 12.0. The van der Waals surface area contributed by atoms with E-state index in [0.29, 0.717) is 6.54 Å². The highest BCUT2D eigenvalue weighted by molar-refractivity contribution is 5.85. The smallest absolute Gasteiger partial charge is 0.358 e. The first-order chi connectivity index (χ1) is 8.58. The number of rotatable bonds is 3. The summed E-state index contributed by atoms with van der Waals surface area (Å²) in [5.74, 6) is -0.307. The van der Waals surface area contributed by atoms with Gasteiger partial charge in [-0.25, -0.2) is 0 Å². The van der Waals surface area contributed by atoms with Crippen molar-refractivity contribution in [3.05, 3.63) is 22.4 Å². The molecule has 1 aromatic rings. The Morgan fingerprint density at radius 3 is 3.00 bits per heavy atom. The predicted molar refractivity (Wildman–Crippen MR) is 70.2 cm³/mol. The first kappa shape index (κ1) is 15.4. The van der Waals surface area contributed by atoms with E-state index in [2.05, 4.69) is 10.4 Å². The lowest BCUT2D eigenvalue weighted by atomic mass is 10.2. The van der Waals surface area contributed by atoms with Gasteiger partial charge in [-0.05, 0) is 11.8 Å². The Kier molecular flexibility index (Phi) is 5.25. The summed E-state index contributed by atoms with van der Waals surface area (Å²) in [5, 5.41) is 17.4. The maximum Gasteiger partial charge on any atom is 0.389 e. The fourth-order valence-corrected chi connectivity index (χ4v) is 1.98. The molecule has 9 heteroatoms. The second-order valence-corrected chi connectivity index (χ2v) is 4.27. The molecule has 1 atom stereocenters. The van der Waals surface area contributed by atoms with Gasteiger partial charge in [-0.2, -0.15) is 4.68 Å². The van der Waals surface area contributed by atoms with Crippen LogP contribution in [0.5, 0.6) is 0 Å². The van der Waals surface area contributed by atoms with Crippen LogP contribution in [0, 0.1) is 10.1 Å². The average molecular weight is 290 g/mol. The van der Waals surface area contributed by atoms with Gasteiger partial charge in [0.25, 0.3) is 0 Å².